The van der Waals surface area contributed by atoms with Crippen molar-refractivity contribution in [2.75, 3.05) is 11.9 Å². The maximum Gasteiger partial charge on any atom is 0.287 e. The Morgan fingerprint density at radius 3 is 3.00 bits per heavy atom. The molecule has 3 rings (SSSR count). The Morgan fingerprint density at radius 2 is 2.32 bits per heavy atom. The third-order valence-corrected chi connectivity index (χ3v) is 4.41. The largest absolute Gasteiger partial charge is 0.375 e. The van der Waals surface area contributed by atoms with E-state index in [1.54, 1.807) is 0 Å². The van der Waals surface area contributed by atoms with Gasteiger partial charge in [0.05, 0.1) is 28.7 Å². The molecule has 9 heteroatoms. The molecule has 0 saturated heterocycles. The van der Waals surface area contributed by atoms with Crippen molar-refractivity contribution in [3.8, 4) is 0 Å². The highest BCUT2D eigenvalue weighted by Crippen LogP contribution is 2.28. The quantitative estimate of drug-likeness (QED) is 0.685. The van der Waals surface area contributed by atoms with E-state index in [4.69, 9.17) is 16.3 Å². The zero-order valence-electron chi connectivity index (χ0n) is 11.2. The molecule has 1 aliphatic rings. The Balaban J connectivity index is 1.78. The smallest absolute Gasteiger partial charge is 0.287 e. The van der Waals surface area contributed by atoms with Crippen LogP contribution >= 0.6 is 22.9 Å². The number of thiazole rings is 1. The topological polar surface area (TPSA) is 94.4 Å². The lowest BCUT2D eigenvalue weighted by atomic mass is 10.2. The molecule has 0 saturated carbocycles. The van der Waals surface area contributed by atoms with Crippen LogP contribution in [0.5, 0.6) is 0 Å². The zero-order chi connectivity index (χ0) is 15.7. The maximum absolute atomic E-state index is 12.2. The van der Waals surface area contributed by atoms with E-state index in [2.05, 4.69) is 10.3 Å². The van der Waals surface area contributed by atoms with Gasteiger partial charge in [0.15, 0.2) is 5.13 Å². The molecule has 0 radical (unpaired) electrons. The van der Waals surface area contributed by atoms with Crippen molar-refractivity contribution >= 4 is 39.7 Å². The molecule has 1 aromatic heterocycles. The van der Waals surface area contributed by atoms with Crippen LogP contribution in [0.3, 0.4) is 0 Å². The van der Waals surface area contributed by atoms with E-state index >= 15 is 0 Å². The summed E-state index contributed by atoms with van der Waals surface area (Å²) in [4.78, 5) is 27.6. The molecule has 114 valence electrons. The van der Waals surface area contributed by atoms with Gasteiger partial charge in [0.1, 0.15) is 5.02 Å². The van der Waals surface area contributed by atoms with Crippen molar-refractivity contribution in [1.29, 1.82) is 0 Å². The number of hydrogen-bond acceptors (Lipinski definition) is 6. The molecule has 1 aliphatic heterocycles. The number of anilines is 1. The van der Waals surface area contributed by atoms with Crippen LogP contribution in [-0.4, -0.2) is 22.4 Å². The summed E-state index contributed by atoms with van der Waals surface area (Å²) in [6, 6.07) is 3.83. The van der Waals surface area contributed by atoms with E-state index in [0.29, 0.717) is 18.3 Å². The molecule has 0 fully saturated rings. The van der Waals surface area contributed by atoms with Gasteiger partial charge in [-0.05, 0) is 12.1 Å². The average Bonchev–Trinajstić information content (AvgIpc) is 2.88. The first-order chi connectivity index (χ1) is 10.5. The van der Waals surface area contributed by atoms with Crippen molar-refractivity contribution in [2.24, 2.45) is 0 Å². The number of nitro groups is 1. The number of rotatable bonds is 3. The molecule has 0 bridgehead atoms. The summed E-state index contributed by atoms with van der Waals surface area (Å²) in [7, 11) is 0. The molecule has 1 aromatic carbocycles. The molecule has 22 heavy (non-hydrogen) atoms. The molecule has 2 aromatic rings. The van der Waals surface area contributed by atoms with Gasteiger partial charge in [-0.3, -0.25) is 20.2 Å². The number of nitrogens with zero attached hydrogens (tertiary/aromatic N) is 2. The standard InChI is InChI=1S/C13H10ClN3O4S/c14-8-5-7(1-2-10(8)17(19)20)12(18)16-13-15-9-3-4-21-6-11(9)22-13/h1-2,5H,3-4,6H2,(H,15,16,18). The lowest BCUT2D eigenvalue weighted by Gasteiger charge is -2.08. The fraction of sp³-hybridized carbons (Fsp3) is 0.231. The first-order valence-electron chi connectivity index (χ1n) is 6.36. The Morgan fingerprint density at radius 1 is 1.50 bits per heavy atom. The van der Waals surface area contributed by atoms with Crippen molar-refractivity contribution in [3.05, 3.63) is 49.5 Å². The maximum atomic E-state index is 12.2. The van der Waals surface area contributed by atoms with E-state index in [0.717, 1.165) is 17.0 Å². The number of carbonyl (C=O) groups excluding carboxylic acids is 1. The number of halogens is 1. The minimum atomic E-state index is -0.598. The van der Waals surface area contributed by atoms with Crippen LogP contribution in [0.2, 0.25) is 5.02 Å². The number of ether oxygens (including phenoxy) is 1. The van der Waals surface area contributed by atoms with Crippen LogP contribution in [0.4, 0.5) is 10.8 Å². The number of nitro benzene ring substituents is 1. The monoisotopic (exact) mass is 339 g/mol. The molecule has 0 atom stereocenters. The summed E-state index contributed by atoms with van der Waals surface area (Å²) >= 11 is 7.16. The van der Waals surface area contributed by atoms with E-state index in [1.807, 2.05) is 0 Å². The summed E-state index contributed by atoms with van der Waals surface area (Å²) in [5.41, 5.74) is 0.938. The first-order valence-corrected chi connectivity index (χ1v) is 7.55. The number of hydrogen-bond donors (Lipinski definition) is 1. The summed E-state index contributed by atoms with van der Waals surface area (Å²) in [6.45, 7) is 1.13. The predicted molar refractivity (Wildman–Crippen MR) is 81.5 cm³/mol. The molecule has 0 aliphatic carbocycles. The number of nitrogens with one attached hydrogen (secondary N) is 1. The van der Waals surface area contributed by atoms with Gasteiger partial charge in [-0.25, -0.2) is 4.98 Å². The normalized spacial score (nSPS) is 13.5. The van der Waals surface area contributed by atoms with Crippen LogP contribution in [0.1, 0.15) is 20.9 Å². The molecule has 0 spiro atoms. The average molecular weight is 340 g/mol. The van der Waals surface area contributed by atoms with Gasteiger partial charge in [0.2, 0.25) is 0 Å². The lowest BCUT2D eigenvalue weighted by Crippen LogP contribution is -2.12. The fourth-order valence-corrected chi connectivity index (χ4v) is 3.23. The Bertz CT molecular complexity index is 738. The van der Waals surface area contributed by atoms with Crippen molar-refractivity contribution in [3.63, 3.8) is 0 Å². The minimum Gasteiger partial charge on any atom is -0.375 e. The highest BCUT2D eigenvalue weighted by Gasteiger charge is 2.19. The molecular weight excluding hydrogens is 330 g/mol. The van der Waals surface area contributed by atoms with Gasteiger partial charge in [-0.2, -0.15) is 0 Å². The number of benzene rings is 1. The summed E-state index contributed by atoms with van der Waals surface area (Å²) in [6.07, 6.45) is 0.727. The van der Waals surface area contributed by atoms with Crippen LogP contribution in [0.25, 0.3) is 0 Å². The molecule has 1 N–H and O–H groups in total. The first kappa shape index (κ1) is 14.9. The summed E-state index contributed by atoms with van der Waals surface area (Å²) < 4.78 is 5.33. The molecule has 1 amide bonds. The minimum absolute atomic E-state index is 0.0792. The van der Waals surface area contributed by atoms with Gasteiger partial charge in [-0.1, -0.05) is 22.9 Å². The summed E-state index contributed by atoms with van der Waals surface area (Å²) in [5, 5.41) is 13.8. The number of aromatic nitrogens is 1. The van der Waals surface area contributed by atoms with Gasteiger partial charge in [-0.15, -0.1) is 0 Å². The van der Waals surface area contributed by atoms with Crippen LogP contribution in [-0.2, 0) is 17.8 Å². The SMILES string of the molecule is O=C(Nc1nc2c(s1)COCC2)c1ccc([N+](=O)[O-])c(Cl)c1. The molecule has 2 heterocycles. The zero-order valence-corrected chi connectivity index (χ0v) is 12.7. The van der Waals surface area contributed by atoms with Crippen LogP contribution < -0.4 is 5.32 Å². The van der Waals surface area contributed by atoms with E-state index in [9.17, 15) is 14.9 Å². The van der Waals surface area contributed by atoms with Crippen LogP contribution in [0, 0.1) is 10.1 Å². The van der Waals surface area contributed by atoms with Crippen molar-refractivity contribution < 1.29 is 14.5 Å². The number of fused-ring (bicyclic) bond motifs is 1. The predicted octanol–water partition coefficient (Wildman–Crippen LogP) is 3.03. The second-order valence-corrected chi connectivity index (χ2v) is 6.06. The van der Waals surface area contributed by atoms with Crippen LogP contribution in [0.15, 0.2) is 18.2 Å². The van der Waals surface area contributed by atoms with E-state index in [-0.39, 0.29) is 16.3 Å². The lowest BCUT2D eigenvalue weighted by molar-refractivity contribution is -0.384. The second-order valence-electron chi connectivity index (χ2n) is 4.57. The molecule has 0 unspecified atom stereocenters. The fourth-order valence-electron chi connectivity index (χ4n) is 2.04. The second kappa shape index (κ2) is 5.99. The van der Waals surface area contributed by atoms with E-state index < -0.39 is 10.8 Å². The Labute approximate surface area is 134 Å². The van der Waals surface area contributed by atoms with Gasteiger partial charge < -0.3 is 4.74 Å². The van der Waals surface area contributed by atoms with E-state index in [1.165, 1.54) is 29.5 Å². The summed E-state index contributed by atoms with van der Waals surface area (Å²) in [5.74, 6) is -0.413. The molecular formula is C13H10ClN3O4S. The number of amides is 1. The Kier molecular flexibility index (Phi) is 4.06. The Hall–Kier alpha value is -2.03. The third kappa shape index (κ3) is 2.94. The van der Waals surface area contributed by atoms with Gasteiger partial charge >= 0.3 is 0 Å². The van der Waals surface area contributed by atoms with Crippen molar-refractivity contribution in [2.45, 2.75) is 13.0 Å². The number of carbonyl (C=O) groups is 1. The van der Waals surface area contributed by atoms with Gasteiger partial charge in [0, 0.05) is 18.1 Å². The van der Waals surface area contributed by atoms with Crippen molar-refractivity contribution in [1.82, 2.24) is 4.98 Å². The third-order valence-electron chi connectivity index (χ3n) is 3.12. The van der Waals surface area contributed by atoms with Gasteiger partial charge in [0.25, 0.3) is 11.6 Å². The highest BCUT2D eigenvalue weighted by atomic mass is 35.5. The molecule has 7 nitrogen and oxygen atoms in total. The highest BCUT2D eigenvalue weighted by molar-refractivity contribution is 7.15.